The number of aromatic nitrogens is 1. The Balaban J connectivity index is 2.15. The third kappa shape index (κ3) is 5.04. The predicted octanol–water partition coefficient (Wildman–Crippen LogP) is 1.33. The third-order valence-electron chi connectivity index (χ3n) is 2.35. The Hall–Kier alpha value is -0.740. The molecule has 1 aromatic rings. The summed E-state index contributed by atoms with van der Waals surface area (Å²) in [5.41, 5.74) is 1.18. The Morgan fingerprint density at radius 2 is 2.40 bits per heavy atom. The minimum absolute atomic E-state index is 0.270. The lowest BCUT2D eigenvalue weighted by molar-refractivity contribution is 0.628. The van der Waals surface area contributed by atoms with Crippen LogP contribution in [-0.4, -0.2) is 27.2 Å². The molecule has 0 fully saturated rings. The van der Waals surface area contributed by atoms with Gasteiger partial charge in [-0.05, 0) is 24.6 Å². The van der Waals surface area contributed by atoms with Crippen molar-refractivity contribution in [2.45, 2.75) is 25.1 Å². The van der Waals surface area contributed by atoms with E-state index in [0.717, 1.165) is 19.5 Å². The molecule has 3 nitrogen and oxygen atoms in total. The lowest BCUT2D eigenvalue weighted by atomic mass is 10.3. The fourth-order valence-electron chi connectivity index (χ4n) is 1.21. The lowest BCUT2D eigenvalue weighted by Gasteiger charge is -2.08. The molecule has 0 saturated heterocycles. The van der Waals surface area contributed by atoms with E-state index in [0.29, 0.717) is 0 Å². The molecule has 1 aromatic heterocycles. The Kier molecular flexibility index (Phi) is 5.50. The lowest BCUT2D eigenvalue weighted by Crippen LogP contribution is -2.20. The fourth-order valence-corrected chi connectivity index (χ4v) is 1.66. The summed E-state index contributed by atoms with van der Waals surface area (Å²) in [7, 11) is -0.711. The Morgan fingerprint density at radius 3 is 3.00 bits per heavy atom. The average molecular weight is 226 g/mol. The molecule has 0 saturated carbocycles. The van der Waals surface area contributed by atoms with Crippen LogP contribution >= 0.6 is 0 Å². The first-order chi connectivity index (χ1) is 7.20. The van der Waals surface area contributed by atoms with Gasteiger partial charge in [0.2, 0.25) is 0 Å². The molecule has 0 aliphatic rings. The minimum Gasteiger partial charge on any atom is -0.313 e. The van der Waals surface area contributed by atoms with E-state index in [1.54, 1.807) is 12.5 Å². The smallest absolute Gasteiger partial charge is 0.0329 e. The van der Waals surface area contributed by atoms with Gasteiger partial charge in [0.15, 0.2) is 0 Å². The highest BCUT2D eigenvalue weighted by atomic mass is 32.2. The topological polar surface area (TPSA) is 42.0 Å². The van der Waals surface area contributed by atoms with Gasteiger partial charge in [0, 0.05) is 41.2 Å². The van der Waals surface area contributed by atoms with Gasteiger partial charge >= 0.3 is 0 Å². The summed E-state index contributed by atoms with van der Waals surface area (Å²) in [5.74, 6) is 0. The quantitative estimate of drug-likeness (QED) is 0.744. The molecule has 0 bridgehead atoms. The highest BCUT2D eigenvalue weighted by molar-refractivity contribution is 7.84. The number of hydrogen-bond acceptors (Lipinski definition) is 3. The van der Waals surface area contributed by atoms with E-state index in [2.05, 4.69) is 10.3 Å². The van der Waals surface area contributed by atoms with Crippen molar-refractivity contribution in [2.75, 3.05) is 12.8 Å². The zero-order valence-electron chi connectivity index (χ0n) is 9.27. The molecule has 1 N–H and O–H groups in total. The maximum absolute atomic E-state index is 11.1. The molecule has 0 spiro atoms. The second-order valence-electron chi connectivity index (χ2n) is 3.64. The van der Waals surface area contributed by atoms with Gasteiger partial charge in [-0.15, -0.1) is 0 Å². The second kappa shape index (κ2) is 6.69. The highest BCUT2D eigenvalue weighted by Gasteiger charge is 2.04. The second-order valence-corrected chi connectivity index (χ2v) is 5.44. The first-order valence-corrected chi connectivity index (χ1v) is 6.74. The maximum Gasteiger partial charge on any atom is 0.0329 e. The van der Waals surface area contributed by atoms with E-state index >= 15 is 0 Å². The van der Waals surface area contributed by atoms with Crippen molar-refractivity contribution in [3.8, 4) is 0 Å². The fraction of sp³-hybridized carbons (Fsp3) is 0.545. The van der Waals surface area contributed by atoms with E-state index in [1.807, 2.05) is 25.3 Å². The van der Waals surface area contributed by atoms with Crippen molar-refractivity contribution >= 4 is 10.8 Å². The molecule has 2 atom stereocenters. The van der Waals surface area contributed by atoms with E-state index in [9.17, 15) is 4.21 Å². The van der Waals surface area contributed by atoms with E-state index < -0.39 is 10.8 Å². The van der Waals surface area contributed by atoms with Crippen molar-refractivity contribution < 1.29 is 4.21 Å². The maximum atomic E-state index is 11.1. The van der Waals surface area contributed by atoms with Crippen molar-refractivity contribution in [3.63, 3.8) is 0 Å². The molecule has 1 rings (SSSR count). The molecule has 15 heavy (non-hydrogen) atoms. The summed E-state index contributed by atoms with van der Waals surface area (Å²) in [4.78, 5) is 4.04. The van der Waals surface area contributed by atoms with Crippen LogP contribution in [0.15, 0.2) is 24.5 Å². The minimum atomic E-state index is -0.711. The summed E-state index contributed by atoms with van der Waals surface area (Å²) in [6.07, 6.45) is 6.33. The molecule has 84 valence electrons. The van der Waals surface area contributed by atoms with Crippen molar-refractivity contribution in [1.82, 2.24) is 10.3 Å². The van der Waals surface area contributed by atoms with Crippen molar-refractivity contribution in [1.29, 1.82) is 0 Å². The van der Waals surface area contributed by atoms with Crippen LogP contribution in [0.3, 0.4) is 0 Å². The summed E-state index contributed by atoms with van der Waals surface area (Å²) in [5, 5.41) is 3.58. The van der Waals surface area contributed by atoms with Crippen LogP contribution in [0, 0.1) is 0 Å². The molecule has 0 aliphatic heterocycles. The van der Waals surface area contributed by atoms with Gasteiger partial charge in [0.05, 0.1) is 0 Å². The first kappa shape index (κ1) is 12.3. The number of nitrogens with one attached hydrogen (secondary N) is 1. The SMILES string of the molecule is CC(CCNCc1cccnc1)S(C)=O. The first-order valence-electron chi connectivity index (χ1n) is 5.12. The van der Waals surface area contributed by atoms with Gasteiger partial charge in [-0.25, -0.2) is 0 Å². The molecule has 0 radical (unpaired) electrons. The van der Waals surface area contributed by atoms with Gasteiger partial charge in [0.1, 0.15) is 0 Å². The summed E-state index contributed by atoms with van der Waals surface area (Å²) in [6, 6.07) is 3.97. The molecular formula is C11H18N2OS. The normalized spacial score (nSPS) is 14.8. The standard InChI is InChI=1S/C11H18N2OS/c1-10(15(2)14)5-7-13-9-11-4-3-6-12-8-11/h3-4,6,8,10,13H,5,7,9H2,1-2H3. The summed E-state index contributed by atoms with van der Waals surface area (Å²) < 4.78 is 11.1. The zero-order chi connectivity index (χ0) is 11.1. The average Bonchev–Trinajstić information content (AvgIpc) is 2.25. The monoisotopic (exact) mass is 226 g/mol. The van der Waals surface area contributed by atoms with Gasteiger partial charge in [-0.3, -0.25) is 9.19 Å². The van der Waals surface area contributed by atoms with E-state index in [4.69, 9.17) is 0 Å². The summed E-state index contributed by atoms with van der Waals surface area (Å²) >= 11 is 0. The Morgan fingerprint density at radius 1 is 1.60 bits per heavy atom. The molecular weight excluding hydrogens is 208 g/mol. The molecule has 0 amide bonds. The number of pyridine rings is 1. The number of rotatable bonds is 6. The molecule has 0 aliphatic carbocycles. The molecule has 4 heteroatoms. The van der Waals surface area contributed by atoms with E-state index in [1.165, 1.54) is 5.56 Å². The van der Waals surface area contributed by atoms with Gasteiger partial charge in [-0.2, -0.15) is 0 Å². The highest BCUT2D eigenvalue weighted by Crippen LogP contribution is 1.98. The van der Waals surface area contributed by atoms with Crippen molar-refractivity contribution in [3.05, 3.63) is 30.1 Å². The van der Waals surface area contributed by atoms with Crippen LogP contribution in [0.5, 0.6) is 0 Å². The summed E-state index contributed by atoms with van der Waals surface area (Å²) in [6.45, 7) is 3.74. The van der Waals surface area contributed by atoms with Crippen LogP contribution in [0.2, 0.25) is 0 Å². The Labute approximate surface area is 93.8 Å². The van der Waals surface area contributed by atoms with Crippen LogP contribution in [0.1, 0.15) is 18.9 Å². The largest absolute Gasteiger partial charge is 0.313 e. The van der Waals surface area contributed by atoms with Crippen molar-refractivity contribution in [2.24, 2.45) is 0 Å². The van der Waals surface area contributed by atoms with Gasteiger partial charge in [-0.1, -0.05) is 13.0 Å². The predicted molar refractivity (Wildman–Crippen MR) is 64.1 cm³/mol. The van der Waals surface area contributed by atoms with E-state index in [-0.39, 0.29) is 5.25 Å². The van der Waals surface area contributed by atoms with Crippen LogP contribution in [0.4, 0.5) is 0 Å². The molecule has 0 aromatic carbocycles. The van der Waals surface area contributed by atoms with Gasteiger partial charge in [0.25, 0.3) is 0 Å². The molecule has 1 heterocycles. The van der Waals surface area contributed by atoms with Crippen LogP contribution in [0.25, 0.3) is 0 Å². The number of nitrogens with zero attached hydrogens (tertiary/aromatic N) is 1. The van der Waals surface area contributed by atoms with Crippen LogP contribution < -0.4 is 5.32 Å². The Bertz CT molecular complexity index is 303. The third-order valence-corrected chi connectivity index (χ3v) is 3.72. The van der Waals surface area contributed by atoms with Gasteiger partial charge < -0.3 is 5.32 Å². The van der Waals surface area contributed by atoms with Crippen LogP contribution in [-0.2, 0) is 17.3 Å². The zero-order valence-corrected chi connectivity index (χ0v) is 10.1. The number of hydrogen-bond donors (Lipinski definition) is 1. The molecule has 2 unspecified atom stereocenters.